The zero-order valence-electron chi connectivity index (χ0n) is 17.9. The molecule has 2 heterocycles. The van der Waals surface area contributed by atoms with Gasteiger partial charge in [0, 0.05) is 22.9 Å². The Morgan fingerprint density at radius 1 is 1.29 bits per heavy atom. The highest BCUT2D eigenvalue weighted by atomic mass is 35.5. The van der Waals surface area contributed by atoms with Crippen molar-refractivity contribution in [3.8, 4) is 5.75 Å². The monoisotopic (exact) mass is 548 g/mol. The van der Waals surface area contributed by atoms with Gasteiger partial charge in [0.25, 0.3) is 0 Å². The number of anilines is 3. The molecule has 1 aliphatic heterocycles. The number of ether oxygens (including phenoxy) is 1. The third-order valence-electron chi connectivity index (χ3n) is 5.02. The van der Waals surface area contributed by atoms with E-state index in [1.165, 1.54) is 30.6 Å². The van der Waals surface area contributed by atoms with Gasteiger partial charge >= 0.3 is 0 Å². The van der Waals surface area contributed by atoms with Crippen molar-refractivity contribution in [1.29, 1.82) is 0 Å². The van der Waals surface area contributed by atoms with Gasteiger partial charge in [-0.2, -0.15) is 0 Å². The number of fused-ring (bicyclic) bond motifs is 1. The van der Waals surface area contributed by atoms with Crippen LogP contribution >= 0.6 is 32.0 Å². The highest BCUT2D eigenvalue weighted by Crippen LogP contribution is 2.63. The molecule has 1 atom stereocenters. The minimum Gasteiger partial charge on any atom is -0.492 e. The summed E-state index contributed by atoms with van der Waals surface area (Å²) in [6, 6.07) is 7.23. The lowest BCUT2D eigenvalue weighted by atomic mass is 10.2. The summed E-state index contributed by atoms with van der Waals surface area (Å²) in [5.41, 5.74) is 1.12. The predicted octanol–water partition coefficient (Wildman–Crippen LogP) is 5.48. The van der Waals surface area contributed by atoms with Gasteiger partial charge in [-0.1, -0.05) is 11.6 Å². The highest BCUT2D eigenvalue weighted by Gasteiger charge is 2.36. The second kappa shape index (κ2) is 9.91. The van der Waals surface area contributed by atoms with E-state index in [4.69, 9.17) is 16.3 Å². The van der Waals surface area contributed by atoms with Crippen molar-refractivity contribution in [2.45, 2.75) is 18.6 Å². The van der Waals surface area contributed by atoms with Crippen molar-refractivity contribution in [2.24, 2.45) is 0 Å². The molecule has 9 nitrogen and oxygen atoms in total. The zero-order valence-corrected chi connectivity index (χ0v) is 21.1. The summed E-state index contributed by atoms with van der Waals surface area (Å²) in [6.45, 7) is 2.04. The number of benzene rings is 2. The lowest BCUT2D eigenvalue weighted by Crippen LogP contribution is -2.27. The van der Waals surface area contributed by atoms with Crippen LogP contribution in [-0.4, -0.2) is 50.9 Å². The Hall–Kier alpha value is -2.03. The van der Waals surface area contributed by atoms with Crippen molar-refractivity contribution in [3.05, 3.63) is 47.5 Å². The smallest absolute Gasteiger partial charge is 0.234 e. The summed E-state index contributed by atoms with van der Waals surface area (Å²) < 4.78 is 67.7. The van der Waals surface area contributed by atoms with E-state index in [1.807, 2.05) is 0 Å². The van der Waals surface area contributed by atoms with Crippen LogP contribution in [0.25, 0.3) is 10.9 Å². The largest absolute Gasteiger partial charge is 0.492 e. The van der Waals surface area contributed by atoms with E-state index >= 15 is 0 Å². The molecule has 1 aliphatic rings. The normalized spacial score (nSPS) is 18.6. The molecule has 1 aromatic heterocycles. The number of hydrogen-bond acceptors (Lipinski definition) is 9. The van der Waals surface area contributed by atoms with E-state index in [2.05, 4.69) is 20.0 Å². The van der Waals surface area contributed by atoms with Gasteiger partial charge in [0.2, 0.25) is 10.0 Å². The molecule has 1 saturated heterocycles. The Balaban J connectivity index is 1.69. The summed E-state index contributed by atoms with van der Waals surface area (Å²) in [6.07, 6.45) is 1.73. The molecule has 0 radical (unpaired) electrons. The summed E-state index contributed by atoms with van der Waals surface area (Å²) in [4.78, 5) is 8.47. The number of rotatable bonds is 8. The minimum atomic E-state index is -3.94. The van der Waals surface area contributed by atoms with Gasteiger partial charge in [0.15, 0.2) is 0 Å². The molecule has 4 rings (SSSR count). The fourth-order valence-electron chi connectivity index (χ4n) is 3.43. The molecule has 0 spiro atoms. The van der Waals surface area contributed by atoms with E-state index in [9.17, 15) is 21.9 Å². The number of nitrogens with one attached hydrogen (secondary N) is 2. The molecular weight excluding hydrogens is 527 g/mol. The van der Waals surface area contributed by atoms with Crippen LogP contribution in [0.3, 0.4) is 0 Å². The molecule has 184 valence electrons. The summed E-state index contributed by atoms with van der Waals surface area (Å²) in [5.74, 6) is 0.104. The molecule has 1 unspecified atom stereocenters. The molecular formula is C20H22ClFN4O5S3. The molecule has 0 saturated carbocycles. The van der Waals surface area contributed by atoms with Crippen molar-refractivity contribution in [3.63, 3.8) is 0 Å². The maximum absolute atomic E-state index is 13.5. The molecule has 0 amide bonds. The van der Waals surface area contributed by atoms with Crippen LogP contribution in [0.4, 0.5) is 21.6 Å². The van der Waals surface area contributed by atoms with E-state index in [0.717, 1.165) is 10.8 Å². The van der Waals surface area contributed by atoms with Gasteiger partial charge in [-0.3, -0.25) is 13.8 Å². The van der Waals surface area contributed by atoms with Gasteiger partial charge in [0.1, 0.15) is 23.7 Å². The third kappa shape index (κ3) is 5.61. The molecule has 3 aromatic rings. The number of sulfonamides is 1. The van der Waals surface area contributed by atoms with Crippen molar-refractivity contribution in [2.75, 3.05) is 28.2 Å². The Morgan fingerprint density at radius 3 is 2.76 bits per heavy atom. The first-order valence-electron chi connectivity index (χ1n) is 10.1. The van der Waals surface area contributed by atoms with Gasteiger partial charge in [-0.15, -0.1) is 9.62 Å². The van der Waals surface area contributed by atoms with E-state index in [-0.39, 0.29) is 23.1 Å². The Morgan fingerprint density at radius 2 is 2.09 bits per heavy atom. The van der Waals surface area contributed by atoms with Crippen LogP contribution in [0.2, 0.25) is 5.02 Å². The topological polar surface area (TPSA) is 134 Å². The average molecular weight is 549 g/mol. The van der Waals surface area contributed by atoms with Crippen molar-refractivity contribution >= 4 is 70.1 Å². The lowest BCUT2D eigenvalue weighted by Gasteiger charge is -2.31. The molecule has 0 bridgehead atoms. The summed E-state index contributed by atoms with van der Waals surface area (Å²) >= 11 is 5.87. The van der Waals surface area contributed by atoms with Crippen molar-refractivity contribution in [1.82, 2.24) is 9.97 Å². The first-order valence-corrected chi connectivity index (χ1v) is 15.3. The molecule has 2 aromatic carbocycles. The zero-order chi connectivity index (χ0) is 24.5. The van der Waals surface area contributed by atoms with Gasteiger partial charge in [-0.25, -0.2) is 22.8 Å². The van der Waals surface area contributed by atoms with Crippen LogP contribution in [0.1, 0.15) is 13.3 Å². The molecule has 4 N–H and O–H groups in total. The predicted molar refractivity (Wildman–Crippen MR) is 137 cm³/mol. The average Bonchev–Trinajstić information content (AvgIpc) is 3.08. The lowest BCUT2D eigenvalue weighted by molar-refractivity contribution is 0.342. The van der Waals surface area contributed by atoms with Crippen LogP contribution in [0.15, 0.2) is 36.7 Å². The highest BCUT2D eigenvalue weighted by molar-refractivity contribution is 8.90. The van der Waals surface area contributed by atoms with Crippen LogP contribution < -0.4 is 14.8 Å². The van der Waals surface area contributed by atoms with Gasteiger partial charge in [0.05, 0.1) is 33.8 Å². The number of aromatic nitrogens is 2. The second-order valence-corrected chi connectivity index (χ2v) is 14.2. The molecule has 14 heteroatoms. The SMILES string of the molecule is CCOc1cc2ncnc(Nc3ccc(F)c(Cl)c3)c2cc1NS(=O)(=O)CC1CCSS1(O)O. The molecule has 1 fully saturated rings. The standard InChI is InChI=1S/C20H22ClFN4O5S3/c1-2-31-19-9-17-14(20(24-11-23-17)25-12-3-4-16(22)15(21)7-12)8-18(19)26-33(27,28)10-13-5-6-32-34(13,29)30/h3-4,7-9,11,13,26,29-30H,2,5-6,10H2,1H3,(H,23,24,25). The first-order chi connectivity index (χ1) is 16.1. The quantitative estimate of drug-likeness (QED) is 0.270. The summed E-state index contributed by atoms with van der Waals surface area (Å²) in [7, 11) is -5.97. The summed E-state index contributed by atoms with van der Waals surface area (Å²) in [5, 5.41) is 2.70. The fraction of sp³-hybridized carbons (Fsp3) is 0.300. The van der Waals surface area contributed by atoms with E-state index < -0.39 is 36.5 Å². The van der Waals surface area contributed by atoms with E-state index in [0.29, 0.717) is 34.6 Å². The Labute approximate surface area is 206 Å². The molecule has 0 aliphatic carbocycles. The fourth-order valence-corrected chi connectivity index (χ4v) is 9.87. The van der Waals surface area contributed by atoms with E-state index in [1.54, 1.807) is 13.0 Å². The molecule has 34 heavy (non-hydrogen) atoms. The van der Waals surface area contributed by atoms with Gasteiger partial charge < -0.3 is 10.1 Å². The van der Waals surface area contributed by atoms with Crippen LogP contribution in [0, 0.1) is 5.82 Å². The number of hydrogen-bond donors (Lipinski definition) is 4. The maximum Gasteiger partial charge on any atom is 0.234 e. The number of nitrogens with zero attached hydrogens (tertiary/aromatic N) is 2. The first kappa shape index (κ1) is 25.1. The Bertz CT molecular complexity index is 1330. The maximum atomic E-state index is 13.5. The Kier molecular flexibility index (Phi) is 7.31. The third-order valence-corrected chi connectivity index (χ3v) is 11.3. The number of halogens is 2. The van der Waals surface area contributed by atoms with Crippen LogP contribution in [0.5, 0.6) is 5.75 Å². The van der Waals surface area contributed by atoms with Gasteiger partial charge in [-0.05, 0) is 48.4 Å². The van der Waals surface area contributed by atoms with Crippen LogP contribution in [-0.2, 0) is 10.0 Å². The van der Waals surface area contributed by atoms with Crippen molar-refractivity contribution < 1.29 is 26.7 Å². The second-order valence-electron chi connectivity index (χ2n) is 7.43. The minimum absolute atomic E-state index is 0.0634.